The van der Waals surface area contributed by atoms with Crippen LogP contribution in [0.3, 0.4) is 0 Å². The Balaban J connectivity index is 1.68. The number of halogens is 2. The van der Waals surface area contributed by atoms with E-state index in [9.17, 15) is 18.8 Å². The minimum absolute atomic E-state index is 0.175. The molecule has 9 heteroatoms. The van der Waals surface area contributed by atoms with E-state index in [1.54, 1.807) is 43.3 Å². The molecule has 1 aliphatic heterocycles. The molecule has 156 valence electrons. The van der Waals surface area contributed by atoms with Gasteiger partial charge in [0.25, 0.3) is 11.1 Å². The fraction of sp³-hybridized carbons (Fsp3) is 0.190. The molecule has 0 bridgehead atoms. The molecule has 2 aromatic rings. The van der Waals surface area contributed by atoms with Gasteiger partial charge in [0.1, 0.15) is 24.7 Å². The predicted octanol–water partition coefficient (Wildman–Crippen LogP) is 4.77. The largest absolute Gasteiger partial charge is 0.488 e. The van der Waals surface area contributed by atoms with Crippen LogP contribution < -0.4 is 4.74 Å². The van der Waals surface area contributed by atoms with Gasteiger partial charge in [-0.2, -0.15) is 0 Å². The summed E-state index contributed by atoms with van der Waals surface area (Å²) >= 11 is 4.20. The SMILES string of the molecule is CCOC(=O)CN1C(=O)S/C(=C/c2ccc(OCc3ccc(F)cc3)c(Br)c2)C1=O. The second kappa shape index (κ2) is 9.90. The molecule has 0 unspecified atom stereocenters. The Hall–Kier alpha value is -2.65. The Morgan fingerprint density at radius 3 is 2.60 bits per heavy atom. The van der Waals surface area contributed by atoms with E-state index in [-0.39, 0.29) is 23.9 Å². The molecule has 1 saturated heterocycles. The Bertz CT molecular complexity index is 1010. The van der Waals surface area contributed by atoms with Crippen molar-refractivity contribution in [3.63, 3.8) is 0 Å². The number of ether oxygens (including phenoxy) is 2. The molecule has 2 aromatic carbocycles. The van der Waals surface area contributed by atoms with Crippen LogP contribution >= 0.6 is 27.7 Å². The number of hydrogen-bond donors (Lipinski definition) is 0. The van der Waals surface area contributed by atoms with Crippen LogP contribution in [0.5, 0.6) is 5.75 Å². The summed E-state index contributed by atoms with van der Waals surface area (Å²) in [6.45, 7) is 1.69. The lowest BCUT2D eigenvalue weighted by Crippen LogP contribution is -2.34. The predicted molar refractivity (Wildman–Crippen MR) is 114 cm³/mol. The van der Waals surface area contributed by atoms with Gasteiger partial charge in [-0.1, -0.05) is 18.2 Å². The van der Waals surface area contributed by atoms with E-state index in [0.29, 0.717) is 15.8 Å². The Morgan fingerprint density at radius 1 is 1.20 bits per heavy atom. The quantitative estimate of drug-likeness (QED) is 0.408. The molecule has 30 heavy (non-hydrogen) atoms. The lowest BCUT2D eigenvalue weighted by atomic mass is 10.2. The van der Waals surface area contributed by atoms with Gasteiger partial charge in [-0.3, -0.25) is 19.3 Å². The van der Waals surface area contributed by atoms with Crippen molar-refractivity contribution in [2.45, 2.75) is 13.5 Å². The summed E-state index contributed by atoms with van der Waals surface area (Å²) < 4.78 is 24.2. The summed E-state index contributed by atoms with van der Waals surface area (Å²) in [7, 11) is 0. The zero-order valence-electron chi connectivity index (χ0n) is 15.9. The molecule has 0 saturated carbocycles. The standard InChI is InChI=1S/C21H17BrFNO5S/c1-2-28-19(25)11-24-20(26)18(30-21(24)27)10-14-5-8-17(16(22)9-14)29-12-13-3-6-15(23)7-4-13/h3-10H,2,11-12H2,1H3/b18-10+. The van der Waals surface area contributed by atoms with Crippen LogP contribution in [0.25, 0.3) is 6.08 Å². The molecule has 2 amide bonds. The normalized spacial score (nSPS) is 15.0. The van der Waals surface area contributed by atoms with Gasteiger partial charge in [0, 0.05) is 0 Å². The minimum atomic E-state index is -0.633. The summed E-state index contributed by atoms with van der Waals surface area (Å²) in [4.78, 5) is 37.2. The average Bonchev–Trinajstić information content (AvgIpc) is 2.96. The van der Waals surface area contributed by atoms with Crippen LogP contribution in [0.1, 0.15) is 18.1 Å². The molecule has 1 heterocycles. The van der Waals surface area contributed by atoms with Crippen LogP contribution in [0.2, 0.25) is 0 Å². The van der Waals surface area contributed by atoms with Gasteiger partial charge in [0.05, 0.1) is 16.0 Å². The smallest absolute Gasteiger partial charge is 0.326 e. The summed E-state index contributed by atoms with van der Waals surface area (Å²) in [6, 6.07) is 11.2. The maximum absolute atomic E-state index is 13.0. The zero-order valence-corrected chi connectivity index (χ0v) is 18.3. The number of benzene rings is 2. The maximum atomic E-state index is 13.0. The summed E-state index contributed by atoms with van der Waals surface area (Å²) in [5.74, 6) is -0.903. The van der Waals surface area contributed by atoms with E-state index < -0.39 is 23.7 Å². The van der Waals surface area contributed by atoms with E-state index in [1.165, 1.54) is 12.1 Å². The Kier molecular flexibility index (Phi) is 7.28. The molecule has 0 atom stereocenters. The summed E-state index contributed by atoms with van der Waals surface area (Å²) in [5, 5.41) is -0.516. The van der Waals surface area contributed by atoms with Crippen molar-refractivity contribution in [3.05, 3.63) is 68.8 Å². The molecule has 1 aliphatic rings. The number of hydrogen-bond acceptors (Lipinski definition) is 6. The van der Waals surface area contributed by atoms with Gasteiger partial charge in [-0.05, 0) is 76.1 Å². The number of carbonyl (C=O) groups excluding carboxylic acids is 3. The van der Waals surface area contributed by atoms with Crippen molar-refractivity contribution < 1.29 is 28.2 Å². The van der Waals surface area contributed by atoms with E-state index in [1.807, 2.05) is 0 Å². The monoisotopic (exact) mass is 493 g/mol. The molecular weight excluding hydrogens is 477 g/mol. The average molecular weight is 494 g/mol. The Labute approximate surface area is 185 Å². The zero-order chi connectivity index (χ0) is 21.7. The topological polar surface area (TPSA) is 72.9 Å². The number of nitrogens with zero attached hydrogens (tertiary/aromatic N) is 1. The molecule has 3 rings (SSSR count). The third-order valence-corrected chi connectivity index (χ3v) is 5.55. The molecular formula is C21H17BrFNO5S. The van der Waals surface area contributed by atoms with Crippen molar-refractivity contribution >= 4 is 50.9 Å². The van der Waals surface area contributed by atoms with Gasteiger partial charge < -0.3 is 9.47 Å². The van der Waals surface area contributed by atoms with Crippen LogP contribution in [0, 0.1) is 5.82 Å². The molecule has 6 nitrogen and oxygen atoms in total. The summed E-state index contributed by atoms with van der Waals surface area (Å²) in [6.07, 6.45) is 1.57. The molecule has 0 aliphatic carbocycles. The minimum Gasteiger partial charge on any atom is -0.488 e. The van der Waals surface area contributed by atoms with Crippen LogP contribution in [-0.4, -0.2) is 35.2 Å². The van der Waals surface area contributed by atoms with Crippen molar-refractivity contribution in [2.75, 3.05) is 13.2 Å². The third-order valence-electron chi connectivity index (χ3n) is 4.03. The van der Waals surface area contributed by atoms with Gasteiger partial charge in [-0.15, -0.1) is 0 Å². The third kappa shape index (κ3) is 5.48. The van der Waals surface area contributed by atoms with Crippen molar-refractivity contribution in [3.8, 4) is 5.75 Å². The lowest BCUT2D eigenvalue weighted by Gasteiger charge is -2.11. The fourth-order valence-electron chi connectivity index (χ4n) is 2.59. The first-order chi connectivity index (χ1) is 14.4. The van der Waals surface area contributed by atoms with Crippen LogP contribution in [0.15, 0.2) is 51.8 Å². The number of carbonyl (C=O) groups is 3. The molecule has 0 N–H and O–H groups in total. The van der Waals surface area contributed by atoms with Crippen molar-refractivity contribution in [1.29, 1.82) is 0 Å². The summed E-state index contributed by atoms with van der Waals surface area (Å²) in [5.41, 5.74) is 1.50. The first-order valence-electron chi connectivity index (χ1n) is 8.95. The number of thioether (sulfide) groups is 1. The van der Waals surface area contributed by atoms with Gasteiger partial charge in [0.15, 0.2) is 0 Å². The van der Waals surface area contributed by atoms with Gasteiger partial charge >= 0.3 is 5.97 Å². The van der Waals surface area contributed by atoms with E-state index >= 15 is 0 Å². The highest BCUT2D eigenvalue weighted by Gasteiger charge is 2.36. The van der Waals surface area contributed by atoms with E-state index in [4.69, 9.17) is 9.47 Å². The van der Waals surface area contributed by atoms with E-state index in [2.05, 4.69) is 15.9 Å². The number of esters is 1. The maximum Gasteiger partial charge on any atom is 0.326 e. The van der Waals surface area contributed by atoms with Gasteiger partial charge in [-0.25, -0.2) is 4.39 Å². The van der Waals surface area contributed by atoms with Crippen LogP contribution in [-0.2, 0) is 20.9 Å². The molecule has 0 spiro atoms. The number of rotatable bonds is 7. The van der Waals surface area contributed by atoms with Crippen molar-refractivity contribution in [1.82, 2.24) is 4.90 Å². The van der Waals surface area contributed by atoms with Gasteiger partial charge in [0.2, 0.25) is 0 Å². The molecule has 1 fully saturated rings. The molecule has 0 radical (unpaired) electrons. The number of imide groups is 1. The molecule has 0 aromatic heterocycles. The van der Waals surface area contributed by atoms with E-state index in [0.717, 1.165) is 22.2 Å². The highest BCUT2D eigenvalue weighted by Crippen LogP contribution is 2.34. The van der Waals surface area contributed by atoms with Crippen molar-refractivity contribution in [2.24, 2.45) is 0 Å². The lowest BCUT2D eigenvalue weighted by molar-refractivity contribution is -0.145. The fourth-order valence-corrected chi connectivity index (χ4v) is 3.94. The van der Waals surface area contributed by atoms with Crippen LogP contribution in [0.4, 0.5) is 9.18 Å². The first-order valence-corrected chi connectivity index (χ1v) is 10.6. The highest BCUT2D eigenvalue weighted by molar-refractivity contribution is 9.10. The second-order valence-corrected chi connectivity index (χ2v) is 8.03. The highest BCUT2D eigenvalue weighted by atomic mass is 79.9. The first kappa shape index (κ1) is 22.0. The number of amides is 2. The Morgan fingerprint density at radius 2 is 1.93 bits per heavy atom. The second-order valence-electron chi connectivity index (χ2n) is 6.18.